The molecule has 0 amide bonds. The number of para-hydroxylation sites is 1. The summed E-state index contributed by atoms with van der Waals surface area (Å²) in [5, 5.41) is 7.94. The normalized spacial score (nSPS) is 13.5. The standard InChI is InChI=1S/C41H29NSe/c1-41(2)36-16-8-6-13-30(36)35-23-27-20-19-26-21-22-29(24-33(26)34(27)25-37(35)41)42(28-11-4-3-5-12-28)38-17-10-15-32-31-14-7-9-18-39(31)43-40(32)38/h3-25H,1-2H3. The third-order valence-electron chi connectivity index (χ3n) is 9.42. The van der Waals surface area contributed by atoms with Crippen LogP contribution in [0, 0.1) is 0 Å². The summed E-state index contributed by atoms with van der Waals surface area (Å²) in [6.07, 6.45) is 0. The van der Waals surface area contributed by atoms with Gasteiger partial charge in [0.15, 0.2) is 0 Å². The molecule has 0 unspecified atom stereocenters. The van der Waals surface area contributed by atoms with Gasteiger partial charge in [0.1, 0.15) is 0 Å². The van der Waals surface area contributed by atoms with Gasteiger partial charge in [-0.2, -0.15) is 0 Å². The zero-order chi connectivity index (χ0) is 28.7. The average molecular weight is 615 g/mol. The fraction of sp³-hybridized carbons (Fsp3) is 0.0732. The Hall–Kier alpha value is -4.62. The van der Waals surface area contributed by atoms with Crippen LogP contribution in [0.3, 0.4) is 0 Å². The first-order chi connectivity index (χ1) is 21.1. The van der Waals surface area contributed by atoms with Crippen LogP contribution in [-0.2, 0) is 5.41 Å². The van der Waals surface area contributed by atoms with E-state index in [0.717, 1.165) is 0 Å². The van der Waals surface area contributed by atoms with E-state index in [2.05, 4.69) is 158 Å². The molecule has 8 aromatic rings. The fourth-order valence-electron chi connectivity index (χ4n) is 7.29. The second-order valence-corrected chi connectivity index (χ2v) is 14.4. The van der Waals surface area contributed by atoms with Gasteiger partial charge in [-0.15, -0.1) is 0 Å². The van der Waals surface area contributed by atoms with E-state index in [1.54, 1.807) is 0 Å². The minimum atomic E-state index is -0.0301. The number of hydrogen-bond donors (Lipinski definition) is 0. The van der Waals surface area contributed by atoms with Gasteiger partial charge in [0.2, 0.25) is 0 Å². The van der Waals surface area contributed by atoms with Crippen LogP contribution in [-0.4, -0.2) is 14.5 Å². The van der Waals surface area contributed by atoms with E-state index in [4.69, 9.17) is 0 Å². The SMILES string of the molecule is CC1(C)c2ccccc2-c2cc3ccc4ccc(N(c5ccccc5)c5cccc6c5[se]c5ccccc56)cc4c3cc21. The molecule has 43 heavy (non-hydrogen) atoms. The van der Waals surface area contributed by atoms with Gasteiger partial charge < -0.3 is 0 Å². The molecule has 9 rings (SSSR count). The Balaban J connectivity index is 1.30. The predicted molar refractivity (Wildman–Crippen MR) is 186 cm³/mol. The van der Waals surface area contributed by atoms with Crippen molar-refractivity contribution in [2.45, 2.75) is 19.3 Å². The van der Waals surface area contributed by atoms with Crippen molar-refractivity contribution in [1.29, 1.82) is 0 Å². The van der Waals surface area contributed by atoms with Crippen molar-refractivity contribution in [3.05, 3.63) is 151 Å². The van der Waals surface area contributed by atoms with Crippen molar-refractivity contribution in [2.24, 2.45) is 0 Å². The summed E-state index contributed by atoms with van der Waals surface area (Å²) >= 11 is 0.250. The van der Waals surface area contributed by atoms with Crippen LogP contribution in [0.2, 0.25) is 0 Å². The molecule has 0 spiro atoms. The minimum absolute atomic E-state index is 0.0301. The topological polar surface area (TPSA) is 3.24 Å². The molecule has 0 atom stereocenters. The molecule has 7 aromatic carbocycles. The molecule has 1 aromatic heterocycles. The molecule has 2 heteroatoms. The number of anilines is 3. The summed E-state index contributed by atoms with van der Waals surface area (Å²) in [7, 11) is 0. The Bertz CT molecular complexity index is 2380. The average Bonchev–Trinajstić information content (AvgIpc) is 3.54. The molecule has 1 nitrogen and oxygen atoms in total. The molecule has 0 radical (unpaired) electrons. The third-order valence-corrected chi connectivity index (χ3v) is 12.0. The van der Waals surface area contributed by atoms with E-state index in [9.17, 15) is 0 Å². The molecule has 0 fully saturated rings. The Morgan fingerprint density at radius 2 is 1.21 bits per heavy atom. The zero-order valence-corrected chi connectivity index (χ0v) is 25.8. The van der Waals surface area contributed by atoms with Crippen molar-refractivity contribution in [3.63, 3.8) is 0 Å². The Morgan fingerprint density at radius 1 is 0.488 bits per heavy atom. The molecule has 0 bridgehead atoms. The van der Waals surface area contributed by atoms with Crippen LogP contribution in [0.4, 0.5) is 17.1 Å². The molecule has 0 N–H and O–H groups in total. The first-order valence-corrected chi connectivity index (χ1v) is 16.7. The van der Waals surface area contributed by atoms with Crippen molar-refractivity contribution in [1.82, 2.24) is 0 Å². The molecule has 0 aliphatic heterocycles. The molecule has 1 aliphatic rings. The Kier molecular flexibility index (Phi) is 5.33. The van der Waals surface area contributed by atoms with Gasteiger partial charge in [0, 0.05) is 0 Å². The van der Waals surface area contributed by atoms with Gasteiger partial charge in [-0.3, -0.25) is 0 Å². The summed E-state index contributed by atoms with van der Waals surface area (Å²) in [5.41, 5.74) is 9.19. The summed E-state index contributed by atoms with van der Waals surface area (Å²) in [6.45, 7) is 4.74. The first kappa shape index (κ1) is 24.9. The summed E-state index contributed by atoms with van der Waals surface area (Å²) in [5.74, 6) is 0. The van der Waals surface area contributed by atoms with E-state index in [-0.39, 0.29) is 19.9 Å². The first-order valence-electron chi connectivity index (χ1n) is 14.9. The molecular formula is C41H29NSe. The summed E-state index contributed by atoms with van der Waals surface area (Å²) < 4.78 is 2.92. The molecular weight excluding hydrogens is 585 g/mol. The Morgan fingerprint density at radius 3 is 2.12 bits per heavy atom. The van der Waals surface area contributed by atoms with Crippen molar-refractivity contribution < 1.29 is 0 Å². The Labute approximate surface area is 257 Å². The molecule has 0 saturated carbocycles. The van der Waals surface area contributed by atoms with Crippen molar-refractivity contribution in [3.8, 4) is 11.1 Å². The molecule has 204 valence electrons. The maximum atomic E-state index is 2.48. The number of nitrogens with zero attached hydrogens (tertiary/aromatic N) is 1. The number of hydrogen-bond acceptors (Lipinski definition) is 1. The van der Waals surface area contributed by atoms with Crippen LogP contribution in [0.25, 0.3) is 52.0 Å². The second kappa shape index (κ2) is 9.19. The van der Waals surface area contributed by atoms with Gasteiger partial charge in [-0.1, -0.05) is 12.1 Å². The van der Waals surface area contributed by atoms with E-state index >= 15 is 0 Å². The fourth-order valence-corrected chi connectivity index (χ4v) is 9.82. The molecule has 0 saturated heterocycles. The van der Waals surface area contributed by atoms with Crippen LogP contribution in [0.15, 0.2) is 140 Å². The zero-order valence-electron chi connectivity index (χ0n) is 24.1. The summed E-state index contributed by atoms with van der Waals surface area (Å²) in [6, 6.07) is 52.0. The third kappa shape index (κ3) is 3.64. The number of benzene rings is 7. The summed E-state index contributed by atoms with van der Waals surface area (Å²) in [4.78, 5) is 2.47. The predicted octanol–water partition coefficient (Wildman–Crippen LogP) is 11.1. The van der Waals surface area contributed by atoms with Crippen LogP contribution in [0.1, 0.15) is 25.0 Å². The van der Waals surface area contributed by atoms with Crippen LogP contribution >= 0.6 is 0 Å². The van der Waals surface area contributed by atoms with Gasteiger partial charge in [0.25, 0.3) is 0 Å². The van der Waals surface area contributed by atoms with Crippen LogP contribution < -0.4 is 4.90 Å². The molecule has 1 aliphatic carbocycles. The van der Waals surface area contributed by atoms with E-state index in [1.807, 2.05) is 0 Å². The van der Waals surface area contributed by atoms with Gasteiger partial charge in [-0.05, 0) is 0 Å². The van der Waals surface area contributed by atoms with Crippen molar-refractivity contribution in [2.75, 3.05) is 4.90 Å². The molecule has 1 heterocycles. The van der Waals surface area contributed by atoms with Crippen LogP contribution in [0.5, 0.6) is 0 Å². The van der Waals surface area contributed by atoms with E-state index in [1.165, 1.54) is 80.2 Å². The van der Waals surface area contributed by atoms with Gasteiger partial charge >= 0.3 is 246 Å². The monoisotopic (exact) mass is 615 g/mol. The second-order valence-electron chi connectivity index (χ2n) is 12.2. The van der Waals surface area contributed by atoms with Crippen molar-refractivity contribution >= 4 is 72.4 Å². The van der Waals surface area contributed by atoms with Gasteiger partial charge in [-0.25, -0.2) is 0 Å². The number of fused-ring (bicyclic) bond motifs is 9. The quantitative estimate of drug-likeness (QED) is 0.141. The maximum absolute atomic E-state index is 2.48. The van der Waals surface area contributed by atoms with E-state index in [0.29, 0.717) is 0 Å². The number of rotatable bonds is 3. The van der Waals surface area contributed by atoms with E-state index < -0.39 is 0 Å². The van der Waals surface area contributed by atoms with Gasteiger partial charge in [0.05, 0.1) is 0 Å².